The van der Waals surface area contributed by atoms with Gasteiger partial charge in [-0.15, -0.1) is 0 Å². The normalized spacial score (nSPS) is 13.5. The molecule has 0 saturated carbocycles. The molecule has 0 aliphatic carbocycles. The van der Waals surface area contributed by atoms with Crippen molar-refractivity contribution in [3.63, 3.8) is 0 Å². The first kappa shape index (κ1) is 13.4. The fourth-order valence-corrected chi connectivity index (χ4v) is 3.34. The topological polar surface area (TPSA) is 26.3 Å². The molecule has 0 amide bonds. The molecule has 0 spiro atoms. The molecule has 0 heterocycles. The molecule has 2 nitrogen and oxygen atoms in total. The molecule has 0 aliphatic heterocycles. The van der Waals surface area contributed by atoms with E-state index in [-0.39, 0.29) is 11.2 Å². The second-order valence-electron chi connectivity index (χ2n) is 3.97. The zero-order valence-electron chi connectivity index (χ0n) is 8.54. The molecule has 0 fully saturated rings. The molecule has 0 aromatic heterocycles. The summed E-state index contributed by atoms with van der Waals surface area (Å²) in [5.41, 5.74) is 0. The van der Waals surface area contributed by atoms with Gasteiger partial charge in [0, 0.05) is 0 Å². The third-order valence-corrected chi connectivity index (χ3v) is 4.05. The minimum absolute atomic E-state index is 0.0543. The van der Waals surface area contributed by atoms with E-state index < -0.39 is 18.8 Å². The van der Waals surface area contributed by atoms with Gasteiger partial charge in [-0.3, -0.25) is 0 Å². The van der Waals surface area contributed by atoms with Crippen LogP contribution in [0.4, 0.5) is 0 Å². The zero-order valence-corrected chi connectivity index (χ0v) is 12.3. The Morgan fingerprint density at radius 2 is 2.15 bits per heavy atom. The van der Waals surface area contributed by atoms with Crippen LogP contribution in [0.1, 0.15) is 12.8 Å². The molecular formula is C9H18O2SSn. The molecule has 13 heavy (non-hydrogen) atoms. The van der Waals surface area contributed by atoms with Crippen LogP contribution in [-0.4, -0.2) is 30.0 Å². The molecular weight excluding hydrogens is 291 g/mol. The third-order valence-electron chi connectivity index (χ3n) is 1.26. The Hall–Kier alpha value is 0.359. The van der Waals surface area contributed by atoms with Crippen molar-refractivity contribution in [2.75, 3.05) is 0 Å². The van der Waals surface area contributed by atoms with Crippen LogP contribution in [0.15, 0.2) is 12.7 Å². The molecule has 0 aliphatic rings. The van der Waals surface area contributed by atoms with E-state index in [4.69, 9.17) is 3.07 Å². The van der Waals surface area contributed by atoms with Crippen molar-refractivity contribution in [1.82, 2.24) is 0 Å². The maximum atomic E-state index is 11.3. The first-order valence-corrected chi connectivity index (χ1v) is 14.6. The fourth-order valence-electron chi connectivity index (χ4n) is 0.851. The van der Waals surface area contributed by atoms with E-state index in [0.29, 0.717) is 6.42 Å². The maximum absolute atomic E-state index is 11.3. The van der Waals surface area contributed by atoms with Crippen molar-refractivity contribution in [2.24, 2.45) is 0 Å². The average molecular weight is 309 g/mol. The first-order chi connectivity index (χ1) is 5.85. The van der Waals surface area contributed by atoms with E-state index in [9.17, 15) is 4.79 Å². The van der Waals surface area contributed by atoms with Gasteiger partial charge in [-0.2, -0.15) is 0 Å². The molecule has 0 aromatic carbocycles. The molecule has 1 unspecified atom stereocenters. The third kappa shape index (κ3) is 8.68. The van der Waals surface area contributed by atoms with Crippen molar-refractivity contribution in [1.29, 1.82) is 0 Å². The quantitative estimate of drug-likeness (QED) is 0.480. The summed E-state index contributed by atoms with van der Waals surface area (Å²) in [6.07, 6.45) is 2.91. The number of hydrogen-bond donors (Lipinski definition) is 1. The minimum atomic E-state index is -2.39. The van der Waals surface area contributed by atoms with E-state index in [1.165, 1.54) is 0 Å². The average Bonchev–Trinajstić information content (AvgIpc) is 1.81. The van der Waals surface area contributed by atoms with Gasteiger partial charge in [0.1, 0.15) is 0 Å². The summed E-state index contributed by atoms with van der Waals surface area (Å²) in [6.45, 7) is 3.59. The van der Waals surface area contributed by atoms with Crippen LogP contribution in [0.25, 0.3) is 0 Å². The molecule has 0 aromatic rings. The summed E-state index contributed by atoms with van der Waals surface area (Å²) in [5.74, 6) is -0.106. The molecule has 1 atom stereocenters. The Morgan fingerprint density at radius 1 is 1.62 bits per heavy atom. The second-order valence-corrected chi connectivity index (χ2v) is 17.3. The van der Waals surface area contributed by atoms with Crippen molar-refractivity contribution in [3.05, 3.63) is 12.7 Å². The zero-order chi connectivity index (χ0) is 10.5. The standard InChI is InChI=1S/C6H10O2S.3CH3.Sn/c1-2-3-5(9)4-6(7)8;;;;/h2,5,9H,1,3-4H2,(H,7,8);3*1H3;/q;;;;+1/p-1. The van der Waals surface area contributed by atoms with E-state index >= 15 is 0 Å². The van der Waals surface area contributed by atoms with Gasteiger partial charge in [-0.1, -0.05) is 0 Å². The molecule has 76 valence electrons. The van der Waals surface area contributed by atoms with Gasteiger partial charge >= 0.3 is 90.8 Å². The summed E-state index contributed by atoms with van der Waals surface area (Å²) in [7, 11) is 0. The number of carbonyl (C=O) groups excluding carboxylic acids is 1. The molecule has 4 heteroatoms. The summed E-state index contributed by atoms with van der Waals surface area (Å²) >= 11 is 1.86. The Balaban J connectivity index is 3.81. The number of allylic oxidation sites excluding steroid dienone is 1. The fraction of sp³-hybridized carbons (Fsp3) is 0.667. The Labute approximate surface area is 90.6 Å². The molecule has 0 bridgehead atoms. The van der Waals surface area contributed by atoms with E-state index in [1.807, 2.05) is 0 Å². The van der Waals surface area contributed by atoms with Crippen LogP contribution in [0.5, 0.6) is 0 Å². The summed E-state index contributed by atoms with van der Waals surface area (Å²) in [4.78, 5) is 17.5. The summed E-state index contributed by atoms with van der Waals surface area (Å²) in [5, 5.41) is 0.0543. The molecule has 0 rings (SSSR count). The summed E-state index contributed by atoms with van der Waals surface area (Å²) < 4.78 is 5.34. The van der Waals surface area contributed by atoms with Gasteiger partial charge in [0.2, 0.25) is 0 Å². The molecule has 0 saturated heterocycles. The van der Waals surface area contributed by atoms with Crippen molar-refractivity contribution < 1.29 is 7.87 Å². The van der Waals surface area contributed by atoms with Gasteiger partial charge in [-0.25, -0.2) is 0 Å². The van der Waals surface area contributed by atoms with Gasteiger partial charge in [0.15, 0.2) is 0 Å². The van der Waals surface area contributed by atoms with Crippen LogP contribution >= 0.6 is 12.6 Å². The molecule has 0 radical (unpaired) electrons. The van der Waals surface area contributed by atoms with Crippen LogP contribution in [-0.2, 0) is 7.87 Å². The number of thiol groups is 1. The van der Waals surface area contributed by atoms with Crippen molar-refractivity contribution in [3.8, 4) is 0 Å². The van der Waals surface area contributed by atoms with E-state index in [2.05, 4.69) is 34.0 Å². The van der Waals surface area contributed by atoms with E-state index in [1.54, 1.807) is 6.08 Å². The first-order valence-electron chi connectivity index (χ1n) is 4.36. The van der Waals surface area contributed by atoms with Crippen LogP contribution in [0.3, 0.4) is 0 Å². The number of carbonyl (C=O) groups is 1. The van der Waals surface area contributed by atoms with Crippen LogP contribution in [0, 0.1) is 0 Å². The number of rotatable bonds is 5. The monoisotopic (exact) mass is 310 g/mol. The Morgan fingerprint density at radius 3 is 2.54 bits per heavy atom. The Bertz CT molecular complexity index is 187. The second kappa shape index (κ2) is 5.96. The summed E-state index contributed by atoms with van der Waals surface area (Å²) in [6, 6.07) is 0. The number of hydrogen-bond acceptors (Lipinski definition) is 3. The SMILES string of the molecule is C=CCC(S)CC(=O)[O][Sn]([CH3])([CH3])[CH3]. The van der Waals surface area contributed by atoms with Crippen molar-refractivity contribution in [2.45, 2.75) is 32.9 Å². The van der Waals surface area contributed by atoms with Crippen molar-refractivity contribution >= 4 is 37.4 Å². The van der Waals surface area contributed by atoms with Gasteiger partial charge in [0.05, 0.1) is 0 Å². The van der Waals surface area contributed by atoms with Gasteiger partial charge in [0.25, 0.3) is 0 Å². The van der Waals surface area contributed by atoms with Gasteiger partial charge in [-0.05, 0) is 0 Å². The van der Waals surface area contributed by atoms with E-state index in [0.717, 1.165) is 6.42 Å². The molecule has 0 N–H and O–H groups in total. The van der Waals surface area contributed by atoms with Crippen LogP contribution in [0.2, 0.25) is 14.8 Å². The predicted molar refractivity (Wildman–Crippen MR) is 61.6 cm³/mol. The van der Waals surface area contributed by atoms with Gasteiger partial charge < -0.3 is 0 Å². The van der Waals surface area contributed by atoms with Crippen LogP contribution < -0.4 is 0 Å². The predicted octanol–water partition coefficient (Wildman–Crippen LogP) is 2.63. The Kier molecular flexibility index (Phi) is 6.12.